The van der Waals surface area contributed by atoms with Crippen LogP contribution >= 0.6 is 34.8 Å². The molecule has 0 amide bonds. The Hall–Kier alpha value is -1.75. The van der Waals surface area contributed by atoms with Crippen LogP contribution in [-0.2, 0) is 4.74 Å². The van der Waals surface area contributed by atoms with Crippen molar-refractivity contribution in [3.05, 3.63) is 62.6 Å². The molecule has 0 saturated carbocycles. The van der Waals surface area contributed by atoms with Crippen LogP contribution in [0.15, 0.2) is 36.4 Å². The summed E-state index contributed by atoms with van der Waals surface area (Å²) < 4.78 is 10.6. The monoisotopic (exact) mass is 442 g/mol. The Bertz CT molecular complexity index is 836. The topological polar surface area (TPSA) is 52.6 Å². The van der Waals surface area contributed by atoms with Crippen LogP contribution < -0.4 is 4.74 Å². The molecule has 0 saturated heterocycles. The molecule has 0 fully saturated rings. The summed E-state index contributed by atoms with van der Waals surface area (Å²) in [6.07, 6.45) is 5.22. The molecule has 0 aliphatic carbocycles. The highest BCUT2D eigenvalue weighted by Gasteiger charge is 2.21. The van der Waals surface area contributed by atoms with Crippen LogP contribution in [0.25, 0.3) is 0 Å². The molecule has 0 aliphatic rings. The SMILES string of the molecule is CCCCCCCOC(=O)c1ccccc1C(=O)Oc1cc(Cl)c(Cl)cc1Cl. The Morgan fingerprint density at radius 1 is 0.821 bits per heavy atom. The molecule has 2 aromatic carbocycles. The van der Waals surface area contributed by atoms with E-state index in [1.54, 1.807) is 12.1 Å². The second kappa shape index (κ2) is 11.3. The predicted octanol–water partition coefficient (Wildman–Crippen LogP) is 6.99. The first kappa shape index (κ1) is 22.5. The van der Waals surface area contributed by atoms with Crippen molar-refractivity contribution < 1.29 is 19.1 Å². The van der Waals surface area contributed by atoms with Gasteiger partial charge in [0.05, 0.1) is 32.8 Å². The Kier molecular flexibility index (Phi) is 9.10. The third kappa shape index (κ3) is 6.40. The fourth-order valence-corrected chi connectivity index (χ4v) is 3.10. The van der Waals surface area contributed by atoms with Gasteiger partial charge in [0.25, 0.3) is 0 Å². The maximum absolute atomic E-state index is 12.6. The number of carbonyl (C=O) groups is 2. The van der Waals surface area contributed by atoms with Crippen LogP contribution in [0.3, 0.4) is 0 Å². The summed E-state index contributed by atoms with van der Waals surface area (Å²) in [6, 6.07) is 9.03. The van der Waals surface area contributed by atoms with Crippen LogP contribution in [0.5, 0.6) is 5.75 Å². The number of halogens is 3. The maximum Gasteiger partial charge on any atom is 0.344 e. The van der Waals surface area contributed by atoms with Crippen molar-refractivity contribution >= 4 is 46.7 Å². The Balaban J connectivity index is 2.05. The molecule has 0 aliphatic heterocycles. The first-order valence-electron chi connectivity index (χ1n) is 9.07. The van der Waals surface area contributed by atoms with E-state index in [1.165, 1.54) is 30.7 Å². The molecule has 7 heteroatoms. The van der Waals surface area contributed by atoms with Crippen molar-refractivity contribution in [1.82, 2.24) is 0 Å². The summed E-state index contributed by atoms with van der Waals surface area (Å²) in [5.41, 5.74) is 0.220. The van der Waals surface area contributed by atoms with E-state index in [0.29, 0.717) is 6.61 Å². The molecule has 0 heterocycles. The molecule has 2 aromatic rings. The van der Waals surface area contributed by atoms with E-state index in [1.807, 2.05) is 0 Å². The van der Waals surface area contributed by atoms with Gasteiger partial charge in [-0.2, -0.15) is 0 Å². The quantitative estimate of drug-likeness (QED) is 0.181. The van der Waals surface area contributed by atoms with E-state index in [9.17, 15) is 9.59 Å². The lowest BCUT2D eigenvalue weighted by molar-refractivity contribution is 0.0489. The van der Waals surface area contributed by atoms with Crippen LogP contribution in [0.2, 0.25) is 15.1 Å². The molecule has 0 atom stereocenters. The molecule has 0 N–H and O–H groups in total. The highest BCUT2D eigenvalue weighted by molar-refractivity contribution is 6.43. The summed E-state index contributed by atoms with van der Waals surface area (Å²) in [4.78, 5) is 25.0. The van der Waals surface area contributed by atoms with E-state index in [-0.39, 0.29) is 31.9 Å². The summed E-state index contributed by atoms with van der Waals surface area (Å²) in [7, 11) is 0. The van der Waals surface area contributed by atoms with Gasteiger partial charge in [-0.1, -0.05) is 79.5 Å². The average Bonchev–Trinajstić information content (AvgIpc) is 2.68. The first-order chi connectivity index (χ1) is 13.4. The predicted molar refractivity (Wildman–Crippen MR) is 112 cm³/mol. The lowest BCUT2D eigenvalue weighted by Crippen LogP contribution is -2.16. The van der Waals surface area contributed by atoms with Crippen LogP contribution in [0.1, 0.15) is 59.7 Å². The lowest BCUT2D eigenvalue weighted by Gasteiger charge is -2.11. The zero-order valence-electron chi connectivity index (χ0n) is 15.5. The van der Waals surface area contributed by atoms with Crippen LogP contribution in [0.4, 0.5) is 0 Å². The molecule has 0 aromatic heterocycles. The van der Waals surface area contributed by atoms with Gasteiger partial charge in [0.2, 0.25) is 0 Å². The summed E-state index contributed by atoms with van der Waals surface area (Å²) in [6.45, 7) is 2.45. The van der Waals surface area contributed by atoms with Crippen molar-refractivity contribution in [2.24, 2.45) is 0 Å². The van der Waals surface area contributed by atoms with Crippen LogP contribution in [0, 0.1) is 0 Å². The molecule has 2 rings (SSSR count). The van der Waals surface area contributed by atoms with Crippen molar-refractivity contribution in [2.75, 3.05) is 6.61 Å². The van der Waals surface area contributed by atoms with Gasteiger partial charge in [-0.05, 0) is 24.6 Å². The number of hydrogen-bond donors (Lipinski definition) is 0. The molecule has 0 bridgehead atoms. The van der Waals surface area contributed by atoms with Gasteiger partial charge in [0, 0.05) is 6.07 Å². The van der Waals surface area contributed by atoms with E-state index < -0.39 is 11.9 Å². The smallest absolute Gasteiger partial charge is 0.344 e. The van der Waals surface area contributed by atoms with Gasteiger partial charge in [-0.15, -0.1) is 0 Å². The highest BCUT2D eigenvalue weighted by Crippen LogP contribution is 2.34. The molecule has 0 spiro atoms. The Labute approximate surface area is 179 Å². The number of benzene rings is 2. The minimum Gasteiger partial charge on any atom is -0.462 e. The molecule has 150 valence electrons. The number of ether oxygens (including phenoxy) is 2. The van der Waals surface area contributed by atoms with Gasteiger partial charge in [-0.3, -0.25) is 0 Å². The van der Waals surface area contributed by atoms with Gasteiger partial charge in [-0.25, -0.2) is 9.59 Å². The minimum atomic E-state index is -0.740. The third-order valence-electron chi connectivity index (χ3n) is 4.03. The van der Waals surface area contributed by atoms with E-state index in [0.717, 1.165) is 25.7 Å². The lowest BCUT2D eigenvalue weighted by atomic mass is 10.1. The third-order valence-corrected chi connectivity index (χ3v) is 5.04. The highest BCUT2D eigenvalue weighted by atomic mass is 35.5. The maximum atomic E-state index is 12.6. The number of hydrogen-bond acceptors (Lipinski definition) is 4. The van der Waals surface area contributed by atoms with Gasteiger partial charge < -0.3 is 9.47 Å². The van der Waals surface area contributed by atoms with E-state index in [4.69, 9.17) is 44.3 Å². The van der Waals surface area contributed by atoms with E-state index >= 15 is 0 Å². The number of carbonyl (C=O) groups excluding carboxylic acids is 2. The molecule has 0 unspecified atom stereocenters. The molecule has 4 nitrogen and oxygen atoms in total. The van der Waals surface area contributed by atoms with Gasteiger partial charge >= 0.3 is 11.9 Å². The molecular weight excluding hydrogens is 423 g/mol. The Morgan fingerprint density at radius 2 is 1.43 bits per heavy atom. The fourth-order valence-electron chi connectivity index (χ4n) is 2.52. The molecule has 28 heavy (non-hydrogen) atoms. The van der Waals surface area contributed by atoms with E-state index in [2.05, 4.69) is 6.92 Å². The van der Waals surface area contributed by atoms with Crippen molar-refractivity contribution in [3.63, 3.8) is 0 Å². The van der Waals surface area contributed by atoms with Gasteiger partial charge in [0.1, 0.15) is 0 Å². The fraction of sp³-hybridized carbons (Fsp3) is 0.333. The average molecular weight is 444 g/mol. The second-order valence-electron chi connectivity index (χ2n) is 6.18. The Morgan fingerprint density at radius 3 is 2.11 bits per heavy atom. The second-order valence-corrected chi connectivity index (χ2v) is 7.40. The zero-order chi connectivity index (χ0) is 20.5. The minimum absolute atomic E-state index is 0.0557. The van der Waals surface area contributed by atoms with Gasteiger partial charge in [0.15, 0.2) is 5.75 Å². The number of esters is 2. The zero-order valence-corrected chi connectivity index (χ0v) is 17.7. The standard InChI is InChI=1S/C21H21Cl3O4/c1-2-3-4-5-8-11-27-20(25)14-9-6-7-10-15(14)21(26)28-19-13-17(23)16(22)12-18(19)24/h6-7,9-10,12-13H,2-5,8,11H2,1H3. The molecular formula is C21H21Cl3O4. The normalized spacial score (nSPS) is 10.6. The van der Waals surface area contributed by atoms with Crippen molar-refractivity contribution in [1.29, 1.82) is 0 Å². The number of rotatable bonds is 9. The largest absolute Gasteiger partial charge is 0.462 e. The van der Waals surface area contributed by atoms with Crippen LogP contribution in [-0.4, -0.2) is 18.5 Å². The molecule has 0 radical (unpaired) electrons. The summed E-state index contributed by atoms with van der Waals surface area (Å²) in [5.74, 6) is -1.25. The number of unbranched alkanes of at least 4 members (excludes halogenated alkanes) is 4. The first-order valence-corrected chi connectivity index (χ1v) is 10.2. The van der Waals surface area contributed by atoms with Crippen molar-refractivity contribution in [3.8, 4) is 5.75 Å². The summed E-state index contributed by atoms with van der Waals surface area (Å²) >= 11 is 17.9. The van der Waals surface area contributed by atoms with Crippen molar-refractivity contribution in [2.45, 2.75) is 39.0 Å². The summed E-state index contributed by atoms with van der Waals surface area (Å²) in [5, 5.41) is 0.578.